The zero-order valence-corrected chi connectivity index (χ0v) is 15.7. The van der Waals surface area contributed by atoms with E-state index >= 15 is 0 Å². The van der Waals surface area contributed by atoms with Gasteiger partial charge in [0.1, 0.15) is 17.2 Å². The number of ether oxygens (including phenoxy) is 1. The minimum absolute atomic E-state index is 0.0365. The summed E-state index contributed by atoms with van der Waals surface area (Å²) >= 11 is 0.845. The summed E-state index contributed by atoms with van der Waals surface area (Å²) in [5, 5.41) is 6.28. The Morgan fingerprint density at radius 3 is 2.56 bits per heavy atom. The zero-order valence-electron chi connectivity index (χ0n) is 14.8. The molecule has 11 heteroatoms. The van der Waals surface area contributed by atoms with Gasteiger partial charge in [0, 0.05) is 5.69 Å². The van der Waals surface area contributed by atoms with Crippen LogP contribution < -0.4 is 11.1 Å². The van der Waals surface area contributed by atoms with Gasteiger partial charge in [0.05, 0.1) is 17.0 Å². The number of carbonyl (C=O) groups is 3. The van der Waals surface area contributed by atoms with E-state index in [1.165, 1.54) is 19.9 Å². The number of rotatable bonds is 7. The van der Waals surface area contributed by atoms with E-state index in [2.05, 4.69) is 10.4 Å². The molecular formula is C16H18F2N4O4S. The fourth-order valence-electron chi connectivity index (χ4n) is 2.39. The summed E-state index contributed by atoms with van der Waals surface area (Å²) in [5.41, 5.74) is 5.58. The third-order valence-electron chi connectivity index (χ3n) is 3.62. The Hall–Kier alpha value is -2.82. The lowest BCUT2D eigenvalue weighted by Gasteiger charge is -2.08. The summed E-state index contributed by atoms with van der Waals surface area (Å²) < 4.78 is 31.5. The number of nitrogens with one attached hydrogen (secondary N) is 1. The van der Waals surface area contributed by atoms with Gasteiger partial charge >= 0.3 is 5.97 Å². The maximum Gasteiger partial charge on any atom is 0.341 e. The minimum Gasteiger partial charge on any atom is -0.462 e. The summed E-state index contributed by atoms with van der Waals surface area (Å²) in [4.78, 5) is 36.1. The Kier molecular flexibility index (Phi) is 6.26. The first-order chi connectivity index (χ1) is 12.6. The molecule has 0 aliphatic heterocycles. The van der Waals surface area contributed by atoms with Gasteiger partial charge in [-0.3, -0.25) is 14.3 Å². The Morgan fingerprint density at radius 1 is 1.37 bits per heavy atom. The molecule has 0 unspecified atom stereocenters. The van der Waals surface area contributed by atoms with Crippen LogP contribution in [0.2, 0.25) is 0 Å². The number of carbonyl (C=O) groups excluding carboxylic acids is 3. The van der Waals surface area contributed by atoms with Gasteiger partial charge in [-0.05, 0) is 32.4 Å². The number of halogens is 2. The highest BCUT2D eigenvalue weighted by atomic mass is 32.1. The molecule has 0 radical (unpaired) electrons. The molecule has 8 nitrogen and oxygen atoms in total. The second kappa shape index (κ2) is 8.25. The van der Waals surface area contributed by atoms with Crippen LogP contribution in [0.5, 0.6) is 0 Å². The molecule has 2 amide bonds. The third kappa shape index (κ3) is 4.48. The van der Waals surface area contributed by atoms with E-state index in [-0.39, 0.29) is 28.6 Å². The van der Waals surface area contributed by atoms with Crippen LogP contribution in [0.15, 0.2) is 6.07 Å². The van der Waals surface area contributed by atoms with Crippen LogP contribution in [0.4, 0.5) is 13.8 Å². The van der Waals surface area contributed by atoms with Crippen LogP contribution in [0.3, 0.4) is 0 Å². The molecule has 27 heavy (non-hydrogen) atoms. The van der Waals surface area contributed by atoms with Crippen molar-refractivity contribution in [2.24, 2.45) is 5.73 Å². The lowest BCUT2D eigenvalue weighted by molar-refractivity contribution is -0.116. The average molecular weight is 400 g/mol. The highest BCUT2D eigenvalue weighted by Gasteiger charge is 2.26. The molecule has 0 saturated carbocycles. The van der Waals surface area contributed by atoms with E-state index in [0.29, 0.717) is 11.3 Å². The van der Waals surface area contributed by atoms with E-state index in [1.54, 1.807) is 6.92 Å². The monoisotopic (exact) mass is 400 g/mol. The molecule has 0 aromatic carbocycles. The van der Waals surface area contributed by atoms with Crippen LogP contribution in [0.25, 0.3) is 0 Å². The fraction of sp³-hybridized carbons (Fsp3) is 0.375. The molecule has 0 bridgehead atoms. The third-order valence-corrected chi connectivity index (χ3v) is 4.84. The molecule has 0 atom stereocenters. The highest BCUT2D eigenvalue weighted by molar-refractivity contribution is 7.18. The first-order valence-electron chi connectivity index (χ1n) is 7.88. The molecule has 146 valence electrons. The number of aromatic nitrogens is 2. The molecule has 3 N–H and O–H groups in total. The van der Waals surface area contributed by atoms with Crippen molar-refractivity contribution in [3.05, 3.63) is 33.5 Å². The lowest BCUT2D eigenvalue weighted by atomic mass is 10.1. The van der Waals surface area contributed by atoms with Crippen molar-refractivity contribution >= 4 is 34.1 Å². The van der Waals surface area contributed by atoms with E-state index in [9.17, 15) is 23.2 Å². The number of thiophene rings is 1. The number of hydrogen-bond donors (Lipinski definition) is 2. The van der Waals surface area contributed by atoms with Crippen LogP contribution in [-0.2, 0) is 16.1 Å². The molecule has 0 saturated heterocycles. The van der Waals surface area contributed by atoms with Gasteiger partial charge in [-0.15, -0.1) is 11.3 Å². The quantitative estimate of drug-likeness (QED) is 0.693. The Morgan fingerprint density at radius 2 is 2.04 bits per heavy atom. The van der Waals surface area contributed by atoms with E-state index in [0.717, 1.165) is 16.0 Å². The molecule has 0 aliphatic carbocycles. The number of hydrogen-bond acceptors (Lipinski definition) is 6. The number of esters is 1. The second-order valence-corrected chi connectivity index (χ2v) is 6.58. The maximum absolute atomic E-state index is 12.7. The molecule has 0 fully saturated rings. The van der Waals surface area contributed by atoms with Crippen molar-refractivity contribution < 1.29 is 27.9 Å². The predicted molar refractivity (Wildman–Crippen MR) is 94.1 cm³/mol. The summed E-state index contributed by atoms with van der Waals surface area (Å²) in [6, 6.07) is 1.18. The molecule has 2 aromatic heterocycles. The van der Waals surface area contributed by atoms with Crippen molar-refractivity contribution in [2.75, 3.05) is 11.9 Å². The highest BCUT2D eigenvalue weighted by Crippen LogP contribution is 2.33. The second-order valence-electron chi connectivity index (χ2n) is 5.56. The van der Waals surface area contributed by atoms with Crippen molar-refractivity contribution in [3.8, 4) is 0 Å². The lowest BCUT2D eigenvalue weighted by Crippen LogP contribution is -2.21. The molecule has 0 spiro atoms. The van der Waals surface area contributed by atoms with Gasteiger partial charge in [0.15, 0.2) is 0 Å². The normalized spacial score (nSPS) is 10.9. The van der Waals surface area contributed by atoms with Gasteiger partial charge in [-0.25, -0.2) is 13.6 Å². The smallest absolute Gasteiger partial charge is 0.341 e. The van der Waals surface area contributed by atoms with Gasteiger partial charge in [-0.2, -0.15) is 5.10 Å². The van der Waals surface area contributed by atoms with Crippen molar-refractivity contribution in [3.63, 3.8) is 0 Å². The van der Waals surface area contributed by atoms with Crippen LogP contribution in [-0.4, -0.2) is 34.2 Å². The Labute approximate surface area is 157 Å². The Bertz CT molecular complexity index is 891. The number of nitrogens with two attached hydrogens (primary N) is 1. The maximum atomic E-state index is 12.7. The SMILES string of the molecule is CCOC(=O)c1c(NC(=O)Cn2nc(C(F)F)cc2C)sc(C(N)=O)c1C. The molecule has 0 aliphatic rings. The molecule has 2 heterocycles. The van der Waals surface area contributed by atoms with Crippen LogP contribution >= 0.6 is 11.3 Å². The van der Waals surface area contributed by atoms with Crippen molar-refractivity contribution in [1.82, 2.24) is 9.78 Å². The van der Waals surface area contributed by atoms with Gasteiger partial charge in [0.25, 0.3) is 12.3 Å². The first-order valence-corrected chi connectivity index (χ1v) is 8.70. The van der Waals surface area contributed by atoms with E-state index in [1.807, 2.05) is 0 Å². The average Bonchev–Trinajstić information content (AvgIpc) is 3.08. The largest absolute Gasteiger partial charge is 0.462 e. The number of aryl methyl sites for hydroxylation is 1. The van der Waals surface area contributed by atoms with Crippen LogP contribution in [0, 0.1) is 13.8 Å². The van der Waals surface area contributed by atoms with Gasteiger partial charge in [0.2, 0.25) is 5.91 Å². The number of amides is 2. The predicted octanol–water partition coefficient (Wildman–Crippen LogP) is 2.41. The summed E-state index contributed by atoms with van der Waals surface area (Å²) in [5.74, 6) is -2.05. The fourth-order valence-corrected chi connectivity index (χ4v) is 3.45. The topological polar surface area (TPSA) is 116 Å². The van der Waals surface area contributed by atoms with Gasteiger partial charge < -0.3 is 15.8 Å². The summed E-state index contributed by atoms with van der Waals surface area (Å²) in [6.07, 6.45) is -2.75. The number of nitrogens with zero attached hydrogens (tertiary/aromatic N) is 2. The minimum atomic E-state index is -2.75. The van der Waals surface area contributed by atoms with Gasteiger partial charge in [-0.1, -0.05) is 0 Å². The van der Waals surface area contributed by atoms with Crippen molar-refractivity contribution in [2.45, 2.75) is 33.7 Å². The molecular weight excluding hydrogens is 382 g/mol. The van der Waals surface area contributed by atoms with Crippen LogP contribution in [0.1, 0.15) is 50.3 Å². The number of alkyl halides is 2. The number of primary amides is 1. The summed E-state index contributed by atoms with van der Waals surface area (Å²) in [7, 11) is 0. The van der Waals surface area contributed by atoms with Crippen molar-refractivity contribution in [1.29, 1.82) is 0 Å². The number of anilines is 1. The van der Waals surface area contributed by atoms with E-state index < -0.39 is 29.9 Å². The summed E-state index contributed by atoms with van der Waals surface area (Å²) in [6.45, 7) is 4.44. The molecule has 2 rings (SSSR count). The van der Waals surface area contributed by atoms with E-state index in [4.69, 9.17) is 10.5 Å². The first kappa shape index (κ1) is 20.5. The molecule has 2 aromatic rings. The zero-order chi connectivity index (χ0) is 20.3. The Balaban J connectivity index is 2.28. The standard InChI is InChI=1S/C16H18F2N4O4S/c1-4-26-16(25)11-8(3)12(14(19)24)27-15(11)20-10(23)6-22-7(2)5-9(21-22)13(17)18/h5,13H,4,6H2,1-3H3,(H2,19,24)(H,20,23).